The lowest BCUT2D eigenvalue weighted by Gasteiger charge is -2.05. The fourth-order valence-electron chi connectivity index (χ4n) is 1.64. The number of benzene rings is 1. The summed E-state index contributed by atoms with van der Waals surface area (Å²) in [5, 5.41) is 3.28. The number of H-pyrrole nitrogens is 1. The van der Waals surface area contributed by atoms with Crippen LogP contribution in [0.1, 0.15) is 10.4 Å². The first-order valence-electron chi connectivity index (χ1n) is 5.01. The van der Waals surface area contributed by atoms with Crippen LogP contribution in [0.2, 0.25) is 0 Å². The number of aromatic amines is 1. The van der Waals surface area contributed by atoms with Gasteiger partial charge in [-0.05, 0) is 28.1 Å². The summed E-state index contributed by atoms with van der Waals surface area (Å²) in [5.41, 5.74) is 0.943. The normalized spacial score (nSPS) is 13.6. The van der Waals surface area contributed by atoms with Crippen molar-refractivity contribution in [3.63, 3.8) is 0 Å². The molecule has 2 aromatic rings. The number of halogens is 1. The van der Waals surface area contributed by atoms with Crippen molar-refractivity contribution in [1.29, 1.82) is 0 Å². The Bertz CT molecular complexity index is 655. The van der Waals surface area contributed by atoms with Crippen LogP contribution in [0.4, 0.5) is 5.69 Å². The van der Waals surface area contributed by atoms with Gasteiger partial charge in [-0.15, -0.1) is 0 Å². The second-order valence-corrected chi connectivity index (χ2v) is 5.49. The Morgan fingerprint density at radius 2 is 2.11 bits per heavy atom. The first-order valence-corrected chi connectivity index (χ1v) is 6.62. The molecule has 1 aromatic carbocycles. The zero-order valence-electron chi connectivity index (χ0n) is 8.86. The Kier molecular flexibility index (Phi) is 2.71. The molecule has 0 bridgehead atoms. The van der Waals surface area contributed by atoms with Crippen LogP contribution < -0.4 is 5.32 Å². The maximum absolute atomic E-state index is 11.5. The van der Waals surface area contributed by atoms with Crippen molar-refractivity contribution in [3.05, 3.63) is 34.6 Å². The van der Waals surface area contributed by atoms with E-state index in [2.05, 4.69) is 31.2 Å². The Labute approximate surface area is 115 Å². The van der Waals surface area contributed by atoms with Crippen molar-refractivity contribution < 1.29 is 9.59 Å². The van der Waals surface area contributed by atoms with Crippen molar-refractivity contribution in [2.75, 3.05) is 5.32 Å². The van der Waals surface area contributed by atoms with E-state index in [1.807, 2.05) is 0 Å². The molecule has 0 spiro atoms. The third-order valence-electron chi connectivity index (χ3n) is 2.45. The quantitative estimate of drug-likeness (QED) is 0.832. The standard InChI is InChI=1S/C11H6BrN3O2S/c12-6-3-5-7(15-10(17)9(5)16)4-8(6)18-11-13-1-2-14-11/h1-4H,(H,13,14)(H,15,16,17). The van der Waals surface area contributed by atoms with E-state index in [0.717, 1.165) is 14.5 Å². The number of hydrogen-bond donors (Lipinski definition) is 2. The number of Topliss-reactive ketones (excluding diaryl/α,β-unsaturated/α-hetero) is 1. The average molecular weight is 324 g/mol. The van der Waals surface area contributed by atoms with Gasteiger partial charge in [0.1, 0.15) is 0 Å². The number of nitrogens with zero attached hydrogens (tertiary/aromatic N) is 1. The molecule has 3 rings (SSSR count). The Morgan fingerprint density at radius 3 is 2.83 bits per heavy atom. The minimum Gasteiger partial charge on any atom is -0.339 e. The molecule has 5 nitrogen and oxygen atoms in total. The summed E-state index contributed by atoms with van der Waals surface area (Å²) in [6.07, 6.45) is 3.39. The molecule has 1 amide bonds. The molecule has 0 atom stereocenters. The van der Waals surface area contributed by atoms with Gasteiger partial charge < -0.3 is 10.3 Å². The monoisotopic (exact) mass is 323 g/mol. The van der Waals surface area contributed by atoms with Gasteiger partial charge in [0.25, 0.3) is 11.7 Å². The van der Waals surface area contributed by atoms with Gasteiger partial charge in [-0.25, -0.2) is 4.98 Å². The lowest BCUT2D eigenvalue weighted by Crippen LogP contribution is -2.12. The van der Waals surface area contributed by atoms with E-state index in [0.29, 0.717) is 11.3 Å². The number of rotatable bonds is 2. The van der Waals surface area contributed by atoms with Gasteiger partial charge in [-0.3, -0.25) is 9.59 Å². The fourth-order valence-corrected chi connectivity index (χ4v) is 3.00. The van der Waals surface area contributed by atoms with Gasteiger partial charge >= 0.3 is 0 Å². The Balaban J connectivity index is 2.01. The van der Waals surface area contributed by atoms with Gasteiger partial charge in [0.2, 0.25) is 0 Å². The van der Waals surface area contributed by atoms with E-state index >= 15 is 0 Å². The van der Waals surface area contributed by atoms with E-state index < -0.39 is 11.7 Å². The molecule has 0 saturated heterocycles. The molecule has 90 valence electrons. The second-order valence-electron chi connectivity index (χ2n) is 3.61. The number of aromatic nitrogens is 2. The molecule has 0 aliphatic carbocycles. The van der Waals surface area contributed by atoms with E-state index in [1.165, 1.54) is 11.8 Å². The average Bonchev–Trinajstić information content (AvgIpc) is 2.92. The highest BCUT2D eigenvalue weighted by molar-refractivity contribution is 9.10. The largest absolute Gasteiger partial charge is 0.339 e. The molecule has 0 saturated carbocycles. The number of nitrogens with one attached hydrogen (secondary N) is 2. The minimum atomic E-state index is -0.586. The number of carbonyl (C=O) groups excluding carboxylic acids is 2. The maximum Gasteiger partial charge on any atom is 0.296 e. The van der Waals surface area contributed by atoms with Crippen LogP contribution in [0.25, 0.3) is 0 Å². The Morgan fingerprint density at radius 1 is 1.28 bits per heavy atom. The summed E-state index contributed by atoms with van der Waals surface area (Å²) >= 11 is 4.80. The molecule has 1 aromatic heterocycles. The molecule has 7 heteroatoms. The van der Waals surface area contributed by atoms with E-state index in [-0.39, 0.29) is 0 Å². The van der Waals surface area contributed by atoms with Crippen molar-refractivity contribution in [2.24, 2.45) is 0 Å². The fraction of sp³-hybridized carbons (Fsp3) is 0. The summed E-state index contributed by atoms with van der Waals surface area (Å²) in [4.78, 5) is 30.7. The number of fused-ring (bicyclic) bond motifs is 1. The topological polar surface area (TPSA) is 74.8 Å². The molecule has 0 radical (unpaired) electrons. The van der Waals surface area contributed by atoms with Crippen LogP contribution in [0.3, 0.4) is 0 Å². The van der Waals surface area contributed by atoms with Crippen LogP contribution in [0.15, 0.2) is 39.1 Å². The molecule has 2 heterocycles. The summed E-state index contributed by atoms with van der Waals surface area (Å²) in [7, 11) is 0. The van der Waals surface area contributed by atoms with E-state index in [1.54, 1.807) is 24.5 Å². The van der Waals surface area contributed by atoms with Crippen molar-refractivity contribution in [2.45, 2.75) is 10.1 Å². The lowest BCUT2D eigenvalue weighted by atomic mass is 10.1. The SMILES string of the molecule is O=C1Nc2cc(Sc3ncc[nH]3)c(Br)cc2C1=O. The van der Waals surface area contributed by atoms with Crippen LogP contribution in [0, 0.1) is 0 Å². The van der Waals surface area contributed by atoms with Gasteiger partial charge in [0.15, 0.2) is 5.16 Å². The molecule has 2 N–H and O–H groups in total. The van der Waals surface area contributed by atoms with Crippen LogP contribution in [-0.2, 0) is 4.79 Å². The first kappa shape index (κ1) is 11.5. The predicted molar refractivity (Wildman–Crippen MR) is 69.8 cm³/mol. The summed E-state index contributed by atoms with van der Waals surface area (Å²) in [5.74, 6) is -1.09. The highest BCUT2D eigenvalue weighted by Gasteiger charge is 2.29. The van der Waals surface area contributed by atoms with Crippen molar-refractivity contribution in [3.8, 4) is 0 Å². The number of carbonyl (C=O) groups is 2. The van der Waals surface area contributed by atoms with Crippen molar-refractivity contribution in [1.82, 2.24) is 9.97 Å². The van der Waals surface area contributed by atoms with Gasteiger partial charge in [0.05, 0.1) is 11.3 Å². The molecule has 0 unspecified atom stereocenters. The number of anilines is 1. The van der Waals surface area contributed by atoms with Gasteiger partial charge in [0, 0.05) is 21.8 Å². The number of hydrogen-bond acceptors (Lipinski definition) is 4. The highest BCUT2D eigenvalue weighted by atomic mass is 79.9. The molecular formula is C11H6BrN3O2S. The summed E-state index contributed by atoms with van der Waals surface area (Å²) in [6.45, 7) is 0. The third-order valence-corrected chi connectivity index (χ3v) is 4.34. The smallest absolute Gasteiger partial charge is 0.296 e. The molecular weight excluding hydrogens is 318 g/mol. The number of ketones is 1. The van der Waals surface area contributed by atoms with Crippen LogP contribution >= 0.6 is 27.7 Å². The summed E-state index contributed by atoms with van der Waals surface area (Å²) < 4.78 is 0.757. The molecule has 0 fully saturated rings. The van der Waals surface area contributed by atoms with E-state index in [4.69, 9.17) is 0 Å². The lowest BCUT2D eigenvalue weighted by molar-refractivity contribution is -0.112. The first-order chi connectivity index (χ1) is 8.65. The Hall–Kier alpha value is -1.60. The zero-order chi connectivity index (χ0) is 12.7. The van der Waals surface area contributed by atoms with Gasteiger partial charge in [-0.1, -0.05) is 11.8 Å². The van der Waals surface area contributed by atoms with E-state index in [9.17, 15) is 9.59 Å². The van der Waals surface area contributed by atoms with Crippen LogP contribution in [-0.4, -0.2) is 21.7 Å². The van der Waals surface area contributed by atoms with Crippen molar-refractivity contribution >= 4 is 45.1 Å². The second kappa shape index (κ2) is 4.25. The zero-order valence-corrected chi connectivity index (χ0v) is 11.3. The molecule has 1 aliphatic heterocycles. The minimum absolute atomic E-state index is 0.399. The highest BCUT2D eigenvalue weighted by Crippen LogP contribution is 2.37. The molecule has 18 heavy (non-hydrogen) atoms. The maximum atomic E-state index is 11.5. The number of amides is 1. The van der Waals surface area contributed by atoms with Gasteiger partial charge in [-0.2, -0.15) is 0 Å². The molecule has 1 aliphatic rings. The third kappa shape index (κ3) is 1.85. The number of imidazole rings is 1. The predicted octanol–water partition coefficient (Wildman–Crippen LogP) is 2.46. The summed E-state index contributed by atoms with van der Waals surface area (Å²) in [6, 6.07) is 3.41. The van der Waals surface area contributed by atoms with Crippen LogP contribution in [0.5, 0.6) is 0 Å².